The second-order valence-electron chi connectivity index (χ2n) is 5.40. The number of anilines is 2. The van der Waals surface area contributed by atoms with Crippen LogP contribution in [-0.4, -0.2) is 25.5 Å². The first-order valence-corrected chi connectivity index (χ1v) is 7.75. The van der Waals surface area contributed by atoms with Crippen LogP contribution in [0.5, 0.6) is 5.75 Å². The molecule has 2 aromatic rings. The van der Waals surface area contributed by atoms with E-state index in [9.17, 15) is 9.59 Å². The fourth-order valence-corrected chi connectivity index (χ4v) is 2.11. The Morgan fingerprint density at radius 2 is 1.84 bits per heavy atom. The van der Waals surface area contributed by atoms with Crippen molar-refractivity contribution in [2.45, 2.75) is 6.92 Å². The summed E-state index contributed by atoms with van der Waals surface area (Å²) in [5.74, 6) is -0.149. The molecule has 2 rings (SSSR count). The van der Waals surface area contributed by atoms with Crippen molar-refractivity contribution in [1.82, 2.24) is 0 Å². The molecule has 6 heteroatoms. The predicted molar refractivity (Wildman–Crippen MR) is 99.5 cm³/mol. The van der Waals surface area contributed by atoms with Crippen LogP contribution in [0.2, 0.25) is 0 Å². The minimum Gasteiger partial charge on any atom is -0.494 e. The number of aryl methyl sites for hydroxylation is 1. The Bertz CT molecular complexity index is 783. The van der Waals surface area contributed by atoms with Gasteiger partial charge in [0.25, 0.3) is 0 Å². The molecule has 130 valence electrons. The molecule has 0 aromatic heterocycles. The van der Waals surface area contributed by atoms with Crippen molar-refractivity contribution in [2.75, 3.05) is 24.3 Å². The summed E-state index contributed by atoms with van der Waals surface area (Å²) >= 11 is 0. The van der Waals surface area contributed by atoms with Gasteiger partial charge in [0.05, 0.1) is 19.3 Å². The normalized spacial score (nSPS) is 10.5. The van der Waals surface area contributed by atoms with Gasteiger partial charge in [0.15, 0.2) is 0 Å². The summed E-state index contributed by atoms with van der Waals surface area (Å²) in [6.07, 6.45) is 3.19. The average Bonchev–Trinajstić information content (AvgIpc) is 2.62. The molecule has 0 aliphatic carbocycles. The van der Waals surface area contributed by atoms with Crippen molar-refractivity contribution in [3.63, 3.8) is 0 Å². The SMILES string of the molecule is COc1cc(NC(=O)CN)ccc1NC(=O)/C=C/c1ccc(C)cc1. The largest absolute Gasteiger partial charge is 0.494 e. The van der Waals surface area contributed by atoms with Gasteiger partial charge in [-0.15, -0.1) is 0 Å². The third kappa shape index (κ3) is 5.47. The molecule has 4 N–H and O–H groups in total. The van der Waals surface area contributed by atoms with Gasteiger partial charge in [-0.25, -0.2) is 0 Å². The van der Waals surface area contributed by atoms with E-state index >= 15 is 0 Å². The summed E-state index contributed by atoms with van der Waals surface area (Å²) in [5, 5.41) is 5.38. The Kier molecular flexibility index (Phi) is 6.31. The smallest absolute Gasteiger partial charge is 0.248 e. The molecule has 0 aliphatic rings. The van der Waals surface area contributed by atoms with E-state index in [1.165, 1.54) is 13.2 Å². The lowest BCUT2D eigenvalue weighted by atomic mass is 10.1. The molecular formula is C19H21N3O3. The topological polar surface area (TPSA) is 93.4 Å². The number of carbonyl (C=O) groups excluding carboxylic acids is 2. The van der Waals surface area contributed by atoms with Gasteiger partial charge in [-0.05, 0) is 30.7 Å². The lowest BCUT2D eigenvalue weighted by molar-refractivity contribution is -0.115. The highest BCUT2D eigenvalue weighted by atomic mass is 16.5. The first kappa shape index (κ1) is 18.2. The summed E-state index contributed by atoms with van der Waals surface area (Å²) in [4.78, 5) is 23.4. The minimum absolute atomic E-state index is 0.107. The maximum atomic E-state index is 12.1. The molecule has 6 nitrogen and oxygen atoms in total. The Labute approximate surface area is 146 Å². The van der Waals surface area contributed by atoms with Gasteiger partial charge in [0.2, 0.25) is 11.8 Å². The molecule has 2 aromatic carbocycles. The zero-order chi connectivity index (χ0) is 18.2. The average molecular weight is 339 g/mol. The number of methoxy groups -OCH3 is 1. The number of ether oxygens (including phenoxy) is 1. The number of nitrogens with two attached hydrogens (primary N) is 1. The standard InChI is InChI=1S/C19H21N3O3/c1-13-3-5-14(6-4-13)7-10-18(23)22-16-9-8-15(11-17(16)25-2)21-19(24)12-20/h3-11H,12,20H2,1-2H3,(H,21,24)(H,22,23)/b10-7+. The summed E-state index contributed by atoms with van der Waals surface area (Å²) in [6, 6.07) is 12.8. The second-order valence-corrected chi connectivity index (χ2v) is 5.40. The van der Waals surface area contributed by atoms with Crippen LogP contribution in [0.25, 0.3) is 6.08 Å². The van der Waals surface area contributed by atoms with Crippen LogP contribution < -0.4 is 21.1 Å². The predicted octanol–water partition coefficient (Wildman–Crippen LogP) is 2.55. The van der Waals surface area contributed by atoms with Crippen LogP contribution in [0.1, 0.15) is 11.1 Å². The molecule has 0 heterocycles. The fraction of sp³-hybridized carbons (Fsp3) is 0.158. The molecule has 0 fully saturated rings. The van der Waals surface area contributed by atoms with Crippen LogP contribution in [0.15, 0.2) is 48.5 Å². The van der Waals surface area contributed by atoms with Gasteiger partial charge in [0.1, 0.15) is 5.75 Å². The van der Waals surface area contributed by atoms with Crippen molar-refractivity contribution in [3.8, 4) is 5.75 Å². The zero-order valence-electron chi connectivity index (χ0n) is 14.2. The number of hydrogen-bond acceptors (Lipinski definition) is 4. The van der Waals surface area contributed by atoms with E-state index in [0.29, 0.717) is 17.1 Å². The fourth-order valence-electron chi connectivity index (χ4n) is 2.11. The number of rotatable bonds is 6. The van der Waals surface area contributed by atoms with E-state index in [-0.39, 0.29) is 18.4 Å². The maximum Gasteiger partial charge on any atom is 0.248 e. The molecule has 0 unspecified atom stereocenters. The number of amides is 2. The van der Waals surface area contributed by atoms with Crippen LogP contribution >= 0.6 is 0 Å². The molecule has 0 spiro atoms. The lowest BCUT2D eigenvalue weighted by Gasteiger charge is -2.11. The van der Waals surface area contributed by atoms with E-state index < -0.39 is 0 Å². The monoisotopic (exact) mass is 339 g/mol. The van der Waals surface area contributed by atoms with Crippen LogP contribution in [0, 0.1) is 6.92 Å². The highest BCUT2D eigenvalue weighted by molar-refractivity contribution is 6.03. The van der Waals surface area contributed by atoms with E-state index in [1.54, 1.807) is 24.3 Å². The third-order valence-corrected chi connectivity index (χ3v) is 3.43. The lowest BCUT2D eigenvalue weighted by Crippen LogP contribution is -2.21. The number of carbonyl (C=O) groups is 2. The van der Waals surface area contributed by atoms with Gasteiger partial charge >= 0.3 is 0 Å². The van der Waals surface area contributed by atoms with Crippen molar-refractivity contribution in [3.05, 3.63) is 59.7 Å². The summed E-state index contributed by atoms with van der Waals surface area (Å²) in [7, 11) is 1.49. The van der Waals surface area contributed by atoms with Crippen molar-refractivity contribution < 1.29 is 14.3 Å². The van der Waals surface area contributed by atoms with Gasteiger partial charge in [-0.1, -0.05) is 29.8 Å². The van der Waals surface area contributed by atoms with Crippen molar-refractivity contribution in [1.29, 1.82) is 0 Å². The molecular weight excluding hydrogens is 318 g/mol. The Hall–Kier alpha value is -3.12. The molecule has 0 saturated carbocycles. The molecule has 0 radical (unpaired) electrons. The van der Waals surface area contributed by atoms with Gasteiger partial charge in [-0.3, -0.25) is 9.59 Å². The van der Waals surface area contributed by atoms with Crippen molar-refractivity contribution >= 4 is 29.3 Å². The molecule has 2 amide bonds. The van der Waals surface area contributed by atoms with Crippen molar-refractivity contribution in [2.24, 2.45) is 5.73 Å². The van der Waals surface area contributed by atoms with Gasteiger partial charge < -0.3 is 21.1 Å². The van der Waals surface area contributed by atoms with E-state index in [4.69, 9.17) is 10.5 Å². The van der Waals surface area contributed by atoms with E-state index in [0.717, 1.165) is 11.1 Å². The molecule has 0 aliphatic heterocycles. The molecule has 25 heavy (non-hydrogen) atoms. The Balaban J connectivity index is 2.06. The highest BCUT2D eigenvalue weighted by Crippen LogP contribution is 2.28. The summed E-state index contributed by atoms with van der Waals surface area (Å²) < 4.78 is 5.26. The van der Waals surface area contributed by atoms with E-state index in [1.807, 2.05) is 31.2 Å². The molecule has 0 saturated heterocycles. The van der Waals surface area contributed by atoms with Gasteiger partial charge in [-0.2, -0.15) is 0 Å². The first-order chi connectivity index (χ1) is 12.0. The third-order valence-electron chi connectivity index (χ3n) is 3.43. The second kappa shape index (κ2) is 8.65. The summed E-state index contributed by atoms with van der Waals surface area (Å²) in [5.41, 5.74) is 8.41. The minimum atomic E-state index is -0.306. The molecule has 0 bridgehead atoms. The maximum absolute atomic E-state index is 12.1. The molecule has 0 atom stereocenters. The quantitative estimate of drug-likeness (QED) is 0.705. The van der Waals surface area contributed by atoms with E-state index in [2.05, 4.69) is 10.6 Å². The van der Waals surface area contributed by atoms with Crippen LogP contribution in [-0.2, 0) is 9.59 Å². The summed E-state index contributed by atoms with van der Waals surface area (Å²) in [6.45, 7) is 1.90. The number of benzene rings is 2. The van der Waals surface area contributed by atoms with Crippen LogP contribution in [0.3, 0.4) is 0 Å². The number of hydrogen-bond donors (Lipinski definition) is 3. The highest BCUT2D eigenvalue weighted by Gasteiger charge is 2.08. The Morgan fingerprint density at radius 3 is 2.48 bits per heavy atom. The van der Waals surface area contributed by atoms with Crippen LogP contribution in [0.4, 0.5) is 11.4 Å². The van der Waals surface area contributed by atoms with Gasteiger partial charge in [0, 0.05) is 17.8 Å². The number of nitrogens with one attached hydrogen (secondary N) is 2. The first-order valence-electron chi connectivity index (χ1n) is 7.75. The Morgan fingerprint density at radius 1 is 1.12 bits per heavy atom. The zero-order valence-corrected chi connectivity index (χ0v) is 14.2.